The van der Waals surface area contributed by atoms with Crippen molar-refractivity contribution in [1.82, 2.24) is 9.88 Å². The molecule has 30 heavy (non-hydrogen) atoms. The van der Waals surface area contributed by atoms with Gasteiger partial charge in [-0.05, 0) is 58.0 Å². The second-order valence-corrected chi connectivity index (χ2v) is 7.36. The van der Waals surface area contributed by atoms with Gasteiger partial charge in [-0.1, -0.05) is 0 Å². The number of benzene rings is 1. The number of aromatic nitrogens is 1. The molecule has 1 heterocycles. The van der Waals surface area contributed by atoms with Crippen molar-refractivity contribution in [3.63, 3.8) is 0 Å². The number of nitrogens with zero attached hydrogens (tertiary/aromatic N) is 2. The largest absolute Gasteiger partial charge is 0.485 e. The molecule has 1 aromatic heterocycles. The molecule has 0 bridgehead atoms. The summed E-state index contributed by atoms with van der Waals surface area (Å²) in [5, 5.41) is 2.78. The number of carbonyl (C=O) groups excluding carboxylic acids is 2. The third-order valence-corrected chi connectivity index (χ3v) is 4.52. The first-order valence-electron chi connectivity index (χ1n) is 9.43. The van der Waals surface area contributed by atoms with Crippen LogP contribution in [0, 0.1) is 13.8 Å². The molecule has 9 heteroatoms. The average molecular weight is 425 g/mol. The highest BCUT2D eigenvalue weighted by molar-refractivity contribution is 5.98. The molecule has 0 fully saturated rings. The van der Waals surface area contributed by atoms with E-state index in [1.165, 1.54) is 24.8 Å². The first-order valence-corrected chi connectivity index (χ1v) is 9.43. The number of amides is 2. The standard InChI is InChI=1S/C21H26F3N3O3/c1-13(2)25-20(29)26(5)16-6-8-17(9-7-16)30-11-19(28)18-10-14(3)27(15(18)4)12-21(22,23)24/h6-10,13H,11-12H2,1-5H3,(H,25,29). The van der Waals surface area contributed by atoms with Crippen LogP contribution in [0.25, 0.3) is 0 Å². The second kappa shape index (κ2) is 9.23. The van der Waals surface area contributed by atoms with Gasteiger partial charge >= 0.3 is 12.2 Å². The predicted molar refractivity (Wildman–Crippen MR) is 108 cm³/mol. The molecule has 1 aromatic carbocycles. The maximum absolute atomic E-state index is 12.7. The maximum atomic E-state index is 12.7. The highest BCUT2D eigenvalue weighted by Crippen LogP contribution is 2.24. The zero-order chi connectivity index (χ0) is 22.6. The number of ketones is 1. The fraction of sp³-hybridized carbons (Fsp3) is 0.429. The van der Waals surface area contributed by atoms with E-state index in [1.54, 1.807) is 31.3 Å². The molecule has 1 N–H and O–H groups in total. The molecule has 6 nitrogen and oxygen atoms in total. The number of aryl methyl sites for hydroxylation is 1. The summed E-state index contributed by atoms with van der Waals surface area (Å²) >= 11 is 0. The van der Waals surface area contributed by atoms with Gasteiger partial charge < -0.3 is 14.6 Å². The maximum Gasteiger partial charge on any atom is 0.406 e. The van der Waals surface area contributed by atoms with E-state index in [0.717, 1.165) is 4.57 Å². The van der Waals surface area contributed by atoms with Crippen molar-refractivity contribution in [3.8, 4) is 5.75 Å². The van der Waals surface area contributed by atoms with Crippen molar-refractivity contribution in [3.05, 3.63) is 47.3 Å². The molecule has 0 aliphatic heterocycles. The SMILES string of the molecule is Cc1cc(C(=O)COc2ccc(N(C)C(=O)NC(C)C)cc2)c(C)n1CC(F)(F)F. The predicted octanol–water partition coefficient (Wildman–Crippen LogP) is 4.48. The lowest BCUT2D eigenvalue weighted by Crippen LogP contribution is -2.40. The van der Waals surface area contributed by atoms with Gasteiger partial charge in [0.15, 0.2) is 6.61 Å². The summed E-state index contributed by atoms with van der Waals surface area (Å²) in [6, 6.07) is 7.79. The van der Waals surface area contributed by atoms with Crippen molar-refractivity contribution in [2.45, 2.75) is 46.5 Å². The molecular formula is C21H26F3N3O3. The number of rotatable bonds is 7. The number of Topliss-reactive ketones (excluding diaryl/α,β-unsaturated/α-hetero) is 1. The monoisotopic (exact) mass is 425 g/mol. The van der Waals surface area contributed by atoms with Crippen LogP contribution in [0.15, 0.2) is 30.3 Å². The van der Waals surface area contributed by atoms with Gasteiger partial charge in [0.05, 0.1) is 0 Å². The molecule has 0 saturated carbocycles. The van der Waals surface area contributed by atoms with Gasteiger partial charge in [-0.2, -0.15) is 13.2 Å². The number of ether oxygens (including phenoxy) is 1. The third kappa shape index (κ3) is 6.01. The van der Waals surface area contributed by atoms with Crippen molar-refractivity contribution in [2.24, 2.45) is 0 Å². The van der Waals surface area contributed by atoms with Crippen molar-refractivity contribution < 1.29 is 27.5 Å². The second-order valence-electron chi connectivity index (χ2n) is 7.36. The van der Waals surface area contributed by atoms with E-state index < -0.39 is 18.5 Å². The van der Waals surface area contributed by atoms with Crippen LogP contribution in [0.5, 0.6) is 5.75 Å². The Morgan fingerprint density at radius 2 is 1.77 bits per heavy atom. The third-order valence-electron chi connectivity index (χ3n) is 4.52. The summed E-state index contributed by atoms with van der Waals surface area (Å²) in [7, 11) is 1.63. The number of halogens is 3. The quantitative estimate of drug-likeness (QED) is 0.665. The van der Waals surface area contributed by atoms with E-state index in [-0.39, 0.29) is 29.9 Å². The summed E-state index contributed by atoms with van der Waals surface area (Å²) in [6.45, 7) is 5.29. The lowest BCUT2D eigenvalue weighted by molar-refractivity contribution is -0.141. The summed E-state index contributed by atoms with van der Waals surface area (Å²) in [5.41, 5.74) is 1.47. The molecule has 2 aromatic rings. The molecule has 0 aliphatic rings. The number of anilines is 1. The van der Waals surface area contributed by atoms with Gasteiger partial charge in [-0.25, -0.2) is 4.79 Å². The van der Waals surface area contributed by atoms with E-state index in [4.69, 9.17) is 4.74 Å². The molecular weight excluding hydrogens is 399 g/mol. The minimum atomic E-state index is -4.37. The Morgan fingerprint density at radius 3 is 2.30 bits per heavy atom. The highest BCUT2D eigenvalue weighted by atomic mass is 19.4. The smallest absolute Gasteiger partial charge is 0.406 e. The lowest BCUT2D eigenvalue weighted by atomic mass is 10.1. The number of carbonyl (C=O) groups is 2. The van der Waals surface area contributed by atoms with E-state index in [1.807, 2.05) is 13.8 Å². The van der Waals surface area contributed by atoms with E-state index in [9.17, 15) is 22.8 Å². The first kappa shape index (κ1) is 23.3. The van der Waals surface area contributed by atoms with Crippen molar-refractivity contribution in [1.29, 1.82) is 0 Å². The fourth-order valence-electron chi connectivity index (χ4n) is 2.96. The zero-order valence-electron chi connectivity index (χ0n) is 17.6. The molecule has 0 atom stereocenters. The Kier molecular flexibility index (Phi) is 7.17. The van der Waals surface area contributed by atoms with E-state index in [2.05, 4.69) is 5.32 Å². The van der Waals surface area contributed by atoms with Crippen LogP contribution in [0.2, 0.25) is 0 Å². The zero-order valence-corrected chi connectivity index (χ0v) is 17.6. The minimum absolute atomic E-state index is 0.00617. The number of urea groups is 1. The Labute approximate surface area is 173 Å². The van der Waals surface area contributed by atoms with Crippen LogP contribution in [0.4, 0.5) is 23.7 Å². The van der Waals surface area contributed by atoms with Crippen LogP contribution in [-0.4, -0.2) is 42.3 Å². The summed E-state index contributed by atoms with van der Waals surface area (Å²) in [5.74, 6) is 0.00268. The summed E-state index contributed by atoms with van der Waals surface area (Å²) in [6.07, 6.45) is -4.37. The molecule has 0 spiro atoms. The van der Waals surface area contributed by atoms with Gasteiger partial charge in [0.1, 0.15) is 12.3 Å². The summed E-state index contributed by atoms with van der Waals surface area (Å²) in [4.78, 5) is 25.9. The fourth-order valence-corrected chi connectivity index (χ4v) is 2.96. The van der Waals surface area contributed by atoms with Gasteiger partial charge in [-0.3, -0.25) is 9.69 Å². The molecule has 0 saturated heterocycles. The Hall–Kier alpha value is -2.97. The Morgan fingerprint density at radius 1 is 1.17 bits per heavy atom. The number of nitrogens with one attached hydrogen (secondary N) is 1. The number of hydrogen-bond acceptors (Lipinski definition) is 3. The Balaban J connectivity index is 2.02. The molecule has 0 aliphatic carbocycles. The average Bonchev–Trinajstić information content (AvgIpc) is 2.92. The molecule has 0 unspecified atom stereocenters. The highest BCUT2D eigenvalue weighted by Gasteiger charge is 2.30. The topological polar surface area (TPSA) is 63.6 Å². The van der Waals surface area contributed by atoms with Crippen LogP contribution in [0.1, 0.15) is 35.6 Å². The lowest BCUT2D eigenvalue weighted by Gasteiger charge is -2.20. The molecule has 0 radical (unpaired) electrons. The van der Waals surface area contributed by atoms with Gasteiger partial charge in [-0.15, -0.1) is 0 Å². The van der Waals surface area contributed by atoms with E-state index >= 15 is 0 Å². The van der Waals surface area contributed by atoms with Gasteiger partial charge in [0, 0.05) is 35.7 Å². The molecule has 164 valence electrons. The molecule has 2 amide bonds. The van der Waals surface area contributed by atoms with Crippen LogP contribution >= 0.6 is 0 Å². The first-order chi connectivity index (χ1) is 13.9. The number of hydrogen-bond donors (Lipinski definition) is 1. The minimum Gasteiger partial charge on any atom is -0.485 e. The Bertz CT molecular complexity index is 903. The van der Waals surface area contributed by atoms with Crippen LogP contribution in [0.3, 0.4) is 0 Å². The van der Waals surface area contributed by atoms with Crippen molar-refractivity contribution in [2.75, 3.05) is 18.6 Å². The molecule has 2 rings (SSSR count). The van der Waals surface area contributed by atoms with Gasteiger partial charge in [0.2, 0.25) is 5.78 Å². The summed E-state index contributed by atoms with van der Waals surface area (Å²) < 4.78 is 44.7. The normalized spacial score (nSPS) is 11.5. The van der Waals surface area contributed by atoms with Crippen LogP contribution < -0.4 is 15.0 Å². The van der Waals surface area contributed by atoms with E-state index in [0.29, 0.717) is 17.1 Å². The van der Waals surface area contributed by atoms with Crippen molar-refractivity contribution >= 4 is 17.5 Å². The van der Waals surface area contributed by atoms with Gasteiger partial charge in [0.25, 0.3) is 0 Å². The number of alkyl halides is 3. The van der Waals surface area contributed by atoms with Crippen LogP contribution in [-0.2, 0) is 6.54 Å².